The predicted octanol–water partition coefficient (Wildman–Crippen LogP) is 3.34. The second kappa shape index (κ2) is 9.65. The predicted molar refractivity (Wildman–Crippen MR) is 93.2 cm³/mol. The van der Waals surface area contributed by atoms with E-state index in [0.717, 1.165) is 18.2 Å². The van der Waals surface area contributed by atoms with E-state index < -0.39 is 17.7 Å². The van der Waals surface area contributed by atoms with Gasteiger partial charge in [0.05, 0.1) is 6.61 Å². The van der Waals surface area contributed by atoms with Gasteiger partial charge >= 0.3 is 12.1 Å². The molecule has 9 heteroatoms. The molecule has 25 heavy (non-hydrogen) atoms. The molecule has 0 spiro atoms. The Morgan fingerprint density at radius 2 is 1.96 bits per heavy atom. The van der Waals surface area contributed by atoms with Crippen molar-refractivity contribution in [2.45, 2.75) is 64.8 Å². The maximum atomic E-state index is 12.1. The number of carbonyl (C=O) groups is 2. The molecule has 1 rings (SSSR count). The Hall–Kier alpha value is -1.77. The lowest BCUT2D eigenvalue weighted by Crippen LogP contribution is -2.37. The van der Waals surface area contributed by atoms with Crippen LogP contribution >= 0.6 is 11.8 Å². The Labute approximate surface area is 152 Å². The van der Waals surface area contributed by atoms with Crippen molar-refractivity contribution in [1.29, 1.82) is 0 Å². The van der Waals surface area contributed by atoms with Crippen molar-refractivity contribution in [2.75, 3.05) is 12.4 Å². The second-order valence-electron chi connectivity index (χ2n) is 6.51. The number of thioether (sulfide) groups is 1. The van der Waals surface area contributed by atoms with Crippen LogP contribution in [0.2, 0.25) is 0 Å². The minimum atomic E-state index is -0.598. The summed E-state index contributed by atoms with van der Waals surface area (Å²) in [5.41, 5.74) is -0.598. The van der Waals surface area contributed by atoms with Crippen LogP contribution < -0.4 is 5.32 Å². The summed E-state index contributed by atoms with van der Waals surface area (Å²) in [6.45, 7) is 11.4. The quantitative estimate of drug-likeness (QED) is 0.546. The lowest BCUT2D eigenvalue weighted by Gasteiger charge is -2.24. The molecule has 0 fully saturated rings. The molecule has 0 aliphatic heterocycles. The molecule has 142 valence electrons. The van der Waals surface area contributed by atoms with Crippen molar-refractivity contribution in [3.05, 3.63) is 5.89 Å². The number of nitrogens with one attached hydrogen (secondary N) is 1. The number of amides is 1. The van der Waals surface area contributed by atoms with Crippen LogP contribution in [-0.2, 0) is 14.3 Å². The third kappa shape index (κ3) is 7.76. The lowest BCUT2D eigenvalue weighted by atomic mass is 9.99. The van der Waals surface area contributed by atoms with Crippen molar-refractivity contribution in [3.8, 4) is 0 Å². The number of hydrogen-bond acceptors (Lipinski definition) is 8. The first kappa shape index (κ1) is 21.3. The van der Waals surface area contributed by atoms with Crippen molar-refractivity contribution in [1.82, 2.24) is 15.5 Å². The molecule has 8 nitrogen and oxygen atoms in total. The van der Waals surface area contributed by atoms with Crippen LogP contribution in [0.3, 0.4) is 0 Å². The zero-order valence-corrected chi connectivity index (χ0v) is 16.4. The Morgan fingerprint density at radius 3 is 2.52 bits per heavy atom. The number of carbonyl (C=O) groups excluding carboxylic acids is 2. The van der Waals surface area contributed by atoms with E-state index >= 15 is 0 Å². The molecule has 2 atom stereocenters. The first-order chi connectivity index (χ1) is 11.7. The zero-order chi connectivity index (χ0) is 19.0. The molecule has 1 amide bonds. The van der Waals surface area contributed by atoms with Crippen molar-refractivity contribution in [2.24, 2.45) is 5.92 Å². The van der Waals surface area contributed by atoms with Gasteiger partial charge in [-0.15, -0.1) is 10.2 Å². The molecule has 0 saturated carbocycles. The second-order valence-corrected chi connectivity index (χ2v) is 7.44. The van der Waals surface area contributed by atoms with Gasteiger partial charge in [-0.2, -0.15) is 0 Å². The van der Waals surface area contributed by atoms with E-state index in [-0.39, 0.29) is 28.8 Å². The highest BCUT2D eigenvalue weighted by atomic mass is 32.2. The highest BCUT2D eigenvalue weighted by Crippen LogP contribution is 2.26. The Balaban J connectivity index is 2.76. The molecular formula is C16H27N3O5S. The molecule has 0 bridgehead atoms. The van der Waals surface area contributed by atoms with Crippen LogP contribution in [0, 0.1) is 5.92 Å². The molecule has 2 unspecified atom stereocenters. The van der Waals surface area contributed by atoms with Gasteiger partial charge in [0.15, 0.2) is 0 Å². The first-order valence-corrected chi connectivity index (χ1v) is 9.26. The number of rotatable bonds is 8. The number of hydrogen-bond donors (Lipinski definition) is 1. The number of esters is 1. The SMILES string of the molecule is CCOC(=O)CSc1nnc(C(NC(=O)OC(C)(C)C)C(C)CC)o1. The summed E-state index contributed by atoms with van der Waals surface area (Å²) in [5.74, 6) is 0.0863. The molecule has 1 aromatic heterocycles. The maximum absolute atomic E-state index is 12.1. The summed E-state index contributed by atoms with van der Waals surface area (Å²) >= 11 is 1.10. The molecular weight excluding hydrogens is 346 g/mol. The zero-order valence-electron chi connectivity index (χ0n) is 15.6. The van der Waals surface area contributed by atoms with Gasteiger partial charge in [-0.1, -0.05) is 32.0 Å². The molecule has 0 aliphatic carbocycles. The van der Waals surface area contributed by atoms with Crippen LogP contribution in [0.5, 0.6) is 0 Å². The van der Waals surface area contributed by atoms with Gasteiger partial charge in [0.2, 0.25) is 5.89 Å². The first-order valence-electron chi connectivity index (χ1n) is 8.27. The lowest BCUT2D eigenvalue weighted by molar-refractivity contribution is -0.139. The van der Waals surface area contributed by atoms with E-state index in [0.29, 0.717) is 6.61 Å². The van der Waals surface area contributed by atoms with Gasteiger partial charge in [-0.3, -0.25) is 4.79 Å². The minimum absolute atomic E-state index is 0.0656. The van der Waals surface area contributed by atoms with Crippen LogP contribution in [0.15, 0.2) is 9.64 Å². The minimum Gasteiger partial charge on any atom is -0.465 e. The van der Waals surface area contributed by atoms with Crippen LogP contribution in [-0.4, -0.2) is 40.2 Å². The van der Waals surface area contributed by atoms with E-state index in [1.807, 2.05) is 13.8 Å². The normalized spacial score (nSPS) is 13.8. The number of alkyl carbamates (subject to hydrolysis) is 1. The topological polar surface area (TPSA) is 104 Å². The van der Waals surface area contributed by atoms with Crippen molar-refractivity contribution in [3.63, 3.8) is 0 Å². The third-order valence-electron chi connectivity index (χ3n) is 3.19. The largest absolute Gasteiger partial charge is 0.465 e. The van der Waals surface area contributed by atoms with Gasteiger partial charge in [-0.25, -0.2) is 4.79 Å². The third-order valence-corrected chi connectivity index (χ3v) is 3.98. The molecule has 1 aromatic rings. The average molecular weight is 373 g/mol. The molecule has 0 saturated heterocycles. The Morgan fingerprint density at radius 1 is 1.28 bits per heavy atom. The summed E-state index contributed by atoms with van der Waals surface area (Å²) in [5, 5.41) is 10.9. The van der Waals surface area contributed by atoms with Gasteiger partial charge in [0.25, 0.3) is 5.22 Å². The van der Waals surface area contributed by atoms with Crippen molar-refractivity contribution < 1.29 is 23.5 Å². The number of nitrogens with zero attached hydrogens (tertiary/aromatic N) is 2. The van der Waals surface area contributed by atoms with Gasteiger partial charge in [-0.05, 0) is 33.6 Å². The highest BCUT2D eigenvalue weighted by molar-refractivity contribution is 7.99. The van der Waals surface area contributed by atoms with E-state index in [1.165, 1.54) is 0 Å². The van der Waals surface area contributed by atoms with E-state index in [9.17, 15) is 9.59 Å². The fourth-order valence-corrected chi connectivity index (χ4v) is 2.41. The average Bonchev–Trinajstić information content (AvgIpc) is 2.97. The smallest absolute Gasteiger partial charge is 0.408 e. The summed E-state index contributed by atoms with van der Waals surface area (Å²) in [7, 11) is 0. The summed E-state index contributed by atoms with van der Waals surface area (Å²) < 4.78 is 15.7. The molecule has 0 aliphatic rings. The van der Waals surface area contributed by atoms with E-state index in [4.69, 9.17) is 13.9 Å². The van der Waals surface area contributed by atoms with Gasteiger partial charge in [0.1, 0.15) is 17.4 Å². The fraction of sp³-hybridized carbons (Fsp3) is 0.750. The van der Waals surface area contributed by atoms with Gasteiger partial charge in [0, 0.05) is 0 Å². The molecule has 1 N–H and O–H groups in total. The molecule has 0 radical (unpaired) electrons. The number of ether oxygens (including phenoxy) is 2. The van der Waals surface area contributed by atoms with E-state index in [1.54, 1.807) is 27.7 Å². The Bertz CT molecular complexity index is 570. The van der Waals surface area contributed by atoms with Crippen molar-refractivity contribution >= 4 is 23.8 Å². The standard InChI is InChI=1S/C16H27N3O5S/c1-7-10(3)12(17-14(21)24-16(4,5)6)13-18-19-15(23-13)25-9-11(20)22-8-2/h10,12H,7-9H2,1-6H3,(H,17,21). The summed E-state index contributed by atoms with van der Waals surface area (Å²) in [4.78, 5) is 23.5. The highest BCUT2D eigenvalue weighted by Gasteiger charge is 2.28. The van der Waals surface area contributed by atoms with Crippen LogP contribution in [0.1, 0.15) is 59.9 Å². The Kier molecular flexibility index (Phi) is 8.21. The summed E-state index contributed by atoms with van der Waals surface area (Å²) in [6.07, 6.45) is 0.255. The fourth-order valence-electron chi connectivity index (χ4n) is 1.85. The summed E-state index contributed by atoms with van der Waals surface area (Å²) in [6, 6.07) is -0.468. The maximum Gasteiger partial charge on any atom is 0.408 e. The van der Waals surface area contributed by atoms with Gasteiger partial charge < -0.3 is 19.2 Å². The molecule has 1 heterocycles. The van der Waals surface area contributed by atoms with Crippen LogP contribution in [0.25, 0.3) is 0 Å². The van der Waals surface area contributed by atoms with E-state index in [2.05, 4.69) is 15.5 Å². The monoisotopic (exact) mass is 373 g/mol. The number of aromatic nitrogens is 2. The van der Waals surface area contributed by atoms with Crippen LogP contribution in [0.4, 0.5) is 4.79 Å². The molecule has 0 aromatic carbocycles.